The lowest BCUT2D eigenvalue weighted by Crippen LogP contribution is -2.34. The van der Waals surface area contributed by atoms with Crippen molar-refractivity contribution >= 4 is 17.4 Å². The Morgan fingerprint density at radius 1 is 1.26 bits per heavy atom. The van der Waals surface area contributed by atoms with Crippen molar-refractivity contribution < 1.29 is 9.53 Å². The Morgan fingerprint density at radius 2 is 2.00 bits per heavy atom. The van der Waals surface area contributed by atoms with Gasteiger partial charge in [0.15, 0.2) is 0 Å². The normalized spacial score (nSPS) is 10.8. The van der Waals surface area contributed by atoms with Gasteiger partial charge in [-0.1, -0.05) is 0 Å². The maximum Gasteiger partial charge on any atom is 0.315 e. The van der Waals surface area contributed by atoms with Crippen molar-refractivity contribution in [1.29, 1.82) is 0 Å². The van der Waals surface area contributed by atoms with E-state index in [0.29, 0.717) is 26.2 Å². The van der Waals surface area contributed by atoms with Gasteiger partial charge in [-0.25, -0.2) is 4.79 Å². The number of carbonyl (C=O) groups is 1. The standard InChI is InChI=1S/C16H24N4O2S/c1-11-5-6-14(23-11)9-17-16(21)18-10-15-12(2)19-20(13(15)3)7-8-22-4/h5-6H,7-10H2,1-4H3,(H2,17,18,21). The molecule has 0 spiro atoms. The summed E-state index contributed by atoms with van der Waals surface area (Å²) in [5.74, 6) is 0. The molecular formula is C16H24N4O2S. The number of hydrogen-bond donors (Lipinski definition) is 2. The maximum atomic E-state index is 11.9. The average molecular weight is 336 g/mol. The van der Waals surface area contributed by atoms with Crippen LogP contribution in [0.3, 0.4) is 0 Å². The third-order valence-electron chi connectivity index (χ3n) is 3.68. The molecule has 2 heterocycles. The Bertz CT molecular complexity index is 663. The Balaban J connectivity index is 1.85. The van der Waals surface area contributed by atoms with Crippen LogP contribution in [-0.2, 0) is 24.4 Å². The lowest BCUT2D eigenvalue weighted by Gasteiger charge is -2.08. The molecule has 0 fully saturated rings. The van der Waals surface area contributed by atoms with Crippen molar-refractivity contribution in [3.05, 3.63) is 38.8 Å². The second-order valence-electron chi connectivity index (χ2n) is 5.41. The number of urea groups is 1. The average Bonchev–Trinajstić information content (AvgIpc) is 3.05. The number of nitrogens with one attached hydrogen (secondary N) is 2. The molecule has 0 aliphatic heterocycles. The van der Waals surface area contributed by atoms with Crippen molar-refractivity contribution in [3.8, 4) is 0 Å². The molecule has 7 heteroatoms. The van der Waals surface area contributed by atoms with Crippen LogP contribution in [0.4, 0.5) is 4.79 Å². The van der Waals surface area contributed by atoms with Crippen LogP contribution in [0, 0.1) is 20.8 Å². The summed E-state index contributed by atoms with van der Waals surface area (Å²) in [5.41, 5.74) is 3.06. The van der Waals surface area contributed by atoms with Crippen LogP contribution in [0.5, 0.6) is 0 Å². The molecule has 2 aromatic heterocycles. The summed E-state index contributed by atoms with van der Waals surface area (Å²) in [6, 6.07) is 3.93. The fraction of sp³-hybridized carbons (Fsp3) is 0.500. The fourth-order valence-corrected chi connectivity index (χ4v) is 3.19. The van der Waals surface area contributed by atoms with Crippen molar-refractivity contribution in [3.63, 3.8) is 0 Å². The van der Waals surface area contributed by atoms with E-state index in [1.807, 2.05) is 24.6 Å². The summed E-state index contributed by atoms with van der Waals surface area (Å²) < 4.78 is 7.00. The molecule has 2 rings (SSSR count). The number of carbonyl (C=O) groups excluding carboxylic acids is 1. The molecule has 0 unspecified atom stereocenters. The van der Waals surface area contributed by atoms with E-state index < -0.39 is 0 Å². The molecule has 0 aromatic carbocycles. The van der Waals surface area contributed by atoms with E-state index in [1.54, 1.807) is 18.4 Å². The number of thiophene rings is 1. The number of aryl methyl sites for hydroxylation is 2. The molecule has 0 radical (unpaired) electrons. The number of rotatable bonds is 7. The number of ether oxygens (including phenoxy) is 1. The largest absolute Gasteiger partial charge is 0.383 e. The first-order chi connectivity index (χ1) is 11.0. The van der Waals surface area contributed by atoms with Gasteiger partial charge >= 0.3 is 6.03 Å². The highest BCUT2D eigenvalue weighted by atomic mass is 32.1. The van der Waals surface area contributed by atoms with Crippen molar-refractivity contribution in [2.75, 3.05) is 13.7 Å². The first kappa shape index (κ1) is 17.5. The molecule has 2 aromatic rings. The van der Waals surface area contributed by atoms with Crippen molar-refractivity contribution in [2.24, 2.45) is 0 Å². The predicted molar refractivity (Wildman–Crippen MR) is 91.7 cm³/mol. The highest BCUT2D eigenvalue weighted by Gasteiger charge is 2.12. The van der Waals surface area contributed by atoms with Crippen LogP contribution in [0.2, 0.25) is 0 Å². The van der Waals surface area contributed by atoms with Crippen LogP contribution in [0.25, 0.3) is 0 Å². The topological polar surface area (TPSA) is 68.2 Å². The summed E-state index contributed by atoms with van der Waals surface area (Å²) in [5, 5.41) is 10.3. The van der Waals surface area contributed by atoms with Gasteiger partial charge in [-0.3, -0.25) is 4.68 Å². The molecule has 2 N–H and O–H groups in total. The molecule has 23 heavy (non-hydrogen) atoms. The molecule has 0 atom stereocenters. The highest BCUT2D eigenvalue weighted by molar-refractivity contribution is 7.11. The fourth-order valence-electron chi connectivity index (χ4n) is 2.36. The zero-order valence-electron chi connectivity index (χ0n) is 14.1. The summed E-state index contributed by atoms with van der Waals surface area (Å²) >= 11 is 1.69. The third-order valence-corrected chi connectivity index (χ3v) is 4.68. The highest BCUT2D eigenvalue weighted by Crippen LogP contribution is 2.15. The zero-order chi connectivity index (χ0) is 16.8. The van der Waals surface area contributed by atoms with E-state index >= 15 is 0 Å². The summed E-state index contributed by atoms with van der Waals surface area (Å²) in [6.45, 7) is 8.39. The SMILES string of the molecule is COCCn1nc(C)c(CNC(=O)NCc2ccc(C)s2)c1C. The lowest BCUT2D eigenvalue weighted by atomic mass is 10.2. The molecule has 0 bridgehead atoms. The number of amides is 2. The maximum absolute atomic E-state index is 11.9. The van der Waals surface area contributed by atoms with Gasteiger partial charge in [0.2, 0.25) is 0 Å². The zero-order valence-corrected chi connectivity index (χ0v) is 14.9. The number of nitrogens with zero attached hydrogens (tertiary/aromatic N) is 2. The van der Waals surface area contributed by atoms with E-state index in [0.717, 1.165) is 21.8 Å². The van der Waals surface area contributed by atoms with Gasteiger partial charge in [-0.2, -0.15) is 5.10 Å². The number of methoxy groups -OCH3 is 1. The van der Waals surface area contributed by atoms with Gasteiger partial charge in [0.25, 0.3) is 0 Å². The molecule has 0 saturated carbocycles. The second kappa shape index (κ2) is 8.12. The number of hydrogen-bond acceptors (Lipinski definition) is 4. The summed E-state index contributed by atoms with van der Waals surface area (Å²) in [6.07, 6.45) is 0. The molecule has 6 nitrogen and oxygen atoms in total. The van der Waals surface area contributed by atoms with Gasteiger partial charge in [0.1, 0.15) is 0 Å². The third kappa shape index (κ3) is 4.80. The van der Waals surface area contributed by atoms with Crippen LogP contribution >= 0.6 is 11.3 Å². The molecule has 0 aliphatic rings. The van der Waals surface area contributed by atoms with Crippen LogP contribution in [0.15, 0.2) is 12.1 Å². The minimum absolute atomic E-state index is 0.167. The first-order valence-corrected chi connectivity index (χ1v) is 8.41. The van der Waals surface area contributed by atoms with Crippen LogP contribution in [0.1, 0.15) is 26.7 Å². The monoisotopic (exact) mass is 336 g/mol. The minimum Gasteiger partial charge on any atom is -0.383 e. The smallest absolute Gasteiger partial charge is 0.315 e. The van der Waals surface area contributed by atoms with E-state index in [-0.39, 0.29) is 6.03 Å². The van der Waals surface area contributed by atoms with Crippen molar-refractivity contribution in [1.82, 2.24) is 20.4 Å². The van der Waals surface area contributed by atoms with Crippen molar-refractivity contribution in [2.45, 2.75) is 40.4 Å². The van der Waals surface area contributed by atoms with Gasteiger partial charge in [0.05, 0.1) is 25.4 Å². The molecule has 0 saturated heterocycles. The Hall–Kier alpha value is -1.86. The van der Waals surface area contributed by atoms with E-state index in [9.17, 15) is 4.79 Å². The van der Waals surface area contributed by atoms with E-state index in [4.69, 9.17) is 4.74 Å². The molecule has 0 aliphatic carbocycles. The minimum atomic E-state index is -0.167. The Kier molecular flexibility index (Phi) is 6.18. The van der Waals surface area contributed by atoms with E-state index in [2.05, 4.69) is 28.7 Å². The number of aromatic nitrogens is 2. The molecule has 126 valence electrons. The van der Waals surface area contributed by atoms with Crippen LogP contribution < -0.4 is 10.6 Å². The second-order valence-corrected chi connectivity index (χ2v) is 6.79. The van der Waals surface area contributed by atoms with Crippen LogP contribution in [-0.4, -0.2) is 29.5 Å². The summed E-state index contributed by atoms with van der Waals surface area (Å²) in [4.78, 5) is 14.3. The van der Waals surface area contributed by atoms with Gasteiger partial charge in [-0.15, -0.1) is 11.3 Å². The Morgan fingerprint density at radius 3 is 2.65 bits per heavy atom. The van der Waals surface area contributed by atoms with Gasteiger partial charge in [-0.05, 0) is 32.9 Å². The first-order valence-electron chi connectivity index (χ1n) is 7.60. The summed E-state index contributed by atoms with van der Waals surface area (Å²) in [7, 11) is 1.67. The Labute approximate surface area is 140 Å². The quantitative estimate of drug-likeness (QED) is 0.816. The molecular weight excluding hydrogens is 312 g/mol. The van der Waals surface area contributed by atoms with E-state index in [1.165, 1.54) is 4.88 Å². The van der Waals surface area contributed by atoms with Gasteiger partial charge < -0.3 is 15.4 Å². The lowest BCUT2D eigenvalue weighted by molar-refractivity contribution is 0.182. The predicted octanol–water partition coefficient (Wildman–Crippen LogP) is 2.52. The van der Waals surface area contributed by atoms with Gasteiger partial charge in [0, 0.05) is 34.7 Å². The molecule has 2 amide bonds.